The molecule has 4 nitrogen and oxygen atoms in total. The Kier molecular flexibility index (Phi) is 3.94. The number of carboxylic acid groups (broad SMARTS) is 1. The van der Waals surface area contributed by atoms with E-state index in [1.165, 1.54) is 0 Å². The molecule has 0 fully saturated rings. The Labute approximate surface area is 126 Å². The molecule has 0 radical (unpaired) electrons. The highest BCUT2D eigenvalue weighted by Gasteiger charge is 2.21. The van der Waals surface area contributed by atoms with Gasteiger partial charge in [0, 0.05) is 34.8 Å². The Morgan fingerprint density at radius 1 is 1.24 bits per heavy atom. The molecule has 0 aliphatic heterocycles. The Morgan fingerprint density at radius 2 is 2.10 bits per heavy atom. The van der Waals surface area contributed by atoms with Gasteiger partial charge in [-0.2, -0.15) is 0 Å². The van der Waals surface area contributed by atoms with E-state index >= 15 is 0 Å². The molecular weight excluding hydrogens is 284 g/mol. The van der Waals surface area contributed by atoms with E-state index in [0.29, 0.717) is 12.1 Å². The van der Waals surface area contributed by atoms with E-state index in [1.54, 1.807) is 23.7 Å². The minimum atomic E-state index is -0.898. The third-order valence-electron chi connectivity index (χ3n) is 3.32. The second-order valence-corrected chi connectivity index (χ2v) is 5.71. The van der Waals surface area contributed by atoms with Crippen LogP contribution < -0.4 is 5.32 Å². The van der Waals surface area contributed by atoms with Gasteiger partial charge in [0.05, 0.1) is 0 Å². The molecule has 1 unspecified atom stereocenters. The number of aromatic nitrogens is 1. The topological polar surface area (TPSA) is 62.2 Å². The minimum Gasteiger partial charge on any atom is -0.480 e. The molecule has 106 valence electrons. The van der Waals surface area contributed by atoms with Gasteiger partial charge in [0.2, 0.25) is 0 Å². The van der Waals surface area contributed by atoms with Crippen molar-refractivity contribution < 1.29 is 9.90 Å². The molecule has 1 aromatic carbocycles. The Hall–Kier alpha value is -2.24. The highest BCUT2D eigenvalue weighted by molar-refractivity contribution is 7.09. The van der Waals surface area contributed by atoms with Gasteiger partial charge in [-0.15, -0.1) is 11.3 Å². The number of benzene rings is 1. The second kappa shape index (κ2) is 6.03. The third-order valence-corrected chi connectivity index (χ3v) is 4.19. The summed E-state index contributed by atoms with van der Waals surface area (Å²) in [5.74, 6) is -0.898. The van der Waals surface area contributed by atoms with Crippen LogP contribution in [0.5, 0.6) is 0 Å². The van der Waals surface area contributed by atoms with Crippen LogP contribution in [-0.4, -0.2) is 16.1 Å². The van der Waals surface area contributed by atoms with E-state index in [2.05, 4.69) is 10.3 Å². The standard InChI is InChI=1S/C16H14N2O2S/c19-16(20)15(18-9-12-5-3-7-21-12)14-10-17-8-11-4-1-2-6-13(11)14/h1-8,10,15,18H,9H2,(H,19,20). The van der Waals surface area contributed by atoms with E-state index in [0.717, 1.165) is 15.6 Å². The lowest BCUT2D eigenvalue weighted by molar-refractivity contribution is -0.139. The monoisotopic (exact) mass is 298 g/mol. The quantitative estimate of drug-likeness (QED) is 0.759. The van der Waals surface area contributed by atoms with Gasteiger partial charge in [0.15, 0.2) is 0 Å². The molecule has 3 aromatic rings. The summed E-state index contributed by atoms with van der Waals surface area (Å²) in [6, 6.07) is 10.9. The van der Waals surface area contributed by atoms with Crippen molar-refractivity contribution in [3.05, 3.63) is 64.6 Å². The van der Waals surface area contributed by atoms with Gasteiger partial charge in [-0.3, -0.25) is 15.1 Å². The maximum atomic E-state index is 11.6. The molecule has 2 N–H and O–H groups in total. The fraction of sp³-hybridized carbons (Fsp3) is 0.125. The van der Waals surface area contributed by atoms with Crippen molar-refractivity contribution in [2.75, 3.05) is 0 Å². The van der Waals surface area contributed by atoms with Crippen molar-refractivity contribution in [2.45, 2.75) is 12.6 Å². The van der Waals surface area contributed by atoms with Crippen molar-refractivity contribution >= 4 is 28.1 Å². The molecule has 21 heavy (non-hydrogen) atoms. The van der Waals surface area contributed by atoms with E-state index in [-0.39, 0.29) is 0 Å². The number of carboxylic acids is 1. The smallest absolute Gasteiger partial charge is 0.325 e. The number of nitrogens with one attached hydrogen (secondary N) is 1. The van der Waals surface area contributed by atoms with Crippen LogP contribution in [0.3, 0.4) is 0 Å². The number of thiophene rings is 1. The van der Waals surface area contributed by atoms with Crippen LogP contribution in [0.25, 0.3) is 10.8 Å². The van der Waals surface area contributed by atoms with Crippen molar-refractivity contribution in [1.29, 1.82) is 0 Å². The number of pyridine rings is 1. The molecule has 3 rings (SSSR count). The fourth-order valence-corrected chi connectivity index (χ4v) is 2.97. The van der Waals surface area contributed by atoms with Gasteiger partial charge in [-0.1, -0.05) is 30.3 Å². The first-order chi connectivity index (χ1) is 10.3. The number of rotatable bonds is 5. The normalized spacial score (nSPS) is 12.4. The SMILES string of the molecule is O=C(O)C(NCc1cccs1)c1cncc2ccccc12. The lowest BCUT2D eigenvalue weighted by Crippen LogP contribution is -2.28. The van der Waals surface area contributed by atoms with Crippen LogP contribution in [0.15, 0.2) is 54.2 Å². The van der Waals surface area contributed by atoms with E-state index in [4.69, 9.17) is 0 Å². The first-order valence-corrected chi connectivity index (χ1v) is 7.45. The van der Waals surface area contributed by atoms with E-state index in [1.807, 2.05) is 41.8 Å². The predicted molar refractivity (Wildman–Crippen MR) is 83.3 cm³/mol. The van der Waals surface area contributed by atoms with Crippen LogP contribution in [0, 0.1) is 0 Å². The number of nitrogens with zero attached hydrogens (tertiary/aromatic N) is 1. The Morgan fingerprint density at radius 3 is 2.86 bits per heavy atom. The minimum absolute atomic E-state index is 0.526. The molecular formula is C16H14N2O2S. The summed E-state index contributed by atoms with van der Waals surface area (Å²) in [6.45, 7) is 0.526. The average molecular weight is 298 g/mol. The molecule has 0 amide bonds. The van der Waals surface area contributed by atoms with Gasteiger partial charge < -0.3 is 5.11 Å². The summed E-state index contributed by atoms with van der Waals surface area (Å²) in [4.78, 5) is 16.9. The first-order valence-electron chi connectivity index (χ1n) is 6.57. The van der Waals surface area contributed by atoms with Crippen LogP contribution in [0.2, 0.25) is 0 Å². The van der Waals surface area contributed by atoms with Gasteiger partial charge in [-0.25, -0.2) is 0 Å². The summed E-state index contributed by atoms with van der Waals surface area (Å²) in [7, 11) is 0. The second-order valence-electron chi connectivity index (χ2n) is 4.68. The highest BCUT2D eigenvalue weighted by Crippen LogP contribution is 2.24. The molecule has 0 spiro atoms. The molecule has 5 heteroatoms. The summed E-state index contributed by atoms with van der Waals surface area (Å²) < 4.78 is 0. The van der Waals surface area contributed by atoms with Gasteiger partial charge in [0.25, 0.3) is 0 Å². The lowest BCUT2D eigenvalue weighted by Gasteiger charge is -2.16. The van der Waals surface area contributed by atoms with Gasteiger partial charge in [0.1, 0.15) is 6.04 Å². The molecule has 0 aliphatic carbocycles. The molecule has 0 saturated heterocycles. The van der Waals surface area contributed by atoms with Crippen LogP contribution in [0.4, 0.5) is 0 Å². The zero-order valence-corrected chi connectivity index (χ0v) is 12.0. The fourth-order valence-electron chi connectivity index (χ4n) is 2.32. The van der Waals surface area contributed by atoms with E-state index in [9.17, 15) is 9.90 Å². The molecule has 1 atom stereocenters. The summed E-state index contributed by atoms with van der Waals surface area (Å²) in [6.07, 6.45) is 3.37. The Balaban J connectivity index is 1.94. The van der Waals surface area contributed by atoms with Crippen LogP contribution >= 0.6 is 11.3 Å². The summed E-state index contributed by atoms with van der Waals surface area (Å²) in [5, 5.41) is 16.5. The molecule has 2 heterocycles. The van der Waals surface area contributed by atoms with Crippen molar-refractivity contribution in [3.63, 3.8) is 0 Å². The average Bonchev–Trinajstić information content (AvgIpc) is 3.01. The van der Waals surface area contributed by atoms with Crippen LogP contribution in [-0.2, 0) is 11.3 Å². The number of fused-ring (bicyclic) bond motifs is 1. The first kappa shape index (κ1) is 13.7. The van der Waals surface area contributed by atoms with Crippen molar-refractivity contribution in [3.8, 4) is 0 Å². The Bertz CT molecular complexity index is 751. The third kappa shape index (κ3) is 2.94. The molecule has 0 saturated carbocycles. The number of hydrogen-bond donors (Lipinski definition) is 2. The number of hydrogen-bond acceptors (Lipinski definition) is 4. The zero-order valence-electron chi connectivity index (χ0n) is 11.2. The largest absolute Gasteiger partial charge is 0.480 e. The molecule has 2 aromatic heterocycles. The summed E-state index contributed by atoms with van der Waals surface area (Å²) >= 11 is 1.60. The zero-order chi connectivity index (χ0) is 14.7. The summed E-state index contributed by atoms with van der Waals surface area (Å²) in [5.41, 5.74) is 0.692. The van der Waals surface area contributed by atoms with Gasteiger partial charge in [-0.05, 0) is 16.8 Å². The molecule has 0 aliphatic rings. The van der Waals surface area contributed by atoms with E-state index < -0.39 is 12.0 Å². The number of carbonyl (C=O) groups is 1. The van der Waals surface area contributed by atoms with Gasteiger partial charge >= 0.3 is 5.97 Å². The molecule has 0 bridgehead atoms. The maximum Gasteiger partial charge on any atom is 0.325 e. The van der Waals surface area contributed by atoms with Crippen molar-refractivity contribution in [2.24, 2.45) is 0 Å². The number of aliphatic carboxylic acids is 1. The predicted octanol–water partition coefficient (Wildman–Crippen LogP) is 3.21. The highest BCUT2D eigenvalue weighted by atomic mass is 32.1. The maximum absolute atomic E-state index is 11.6. The lowest BCUT2D eigenvalue weighted by atomic mass is 10.0. The van der Waals surface area contributed by atoms with Crippen LogP contribution in [0.1, 0.15) is 16.5 Å². The van der Waals surface area contributed by atoms with Crippen molar-refractivity contribution in [1.82, 2.24) is 10.3 Å².